The number of carbonyl (C=O) groups is 1. The molecule has 0 saturated carbocycles. The lowest BCUT2D eigenvalue weighted by Gasteiger charge is -2.33. The molecule has 1 aliphatic rings. The van der Waals surface area contributed by atoms with Crippen molar-refractivity contribution in [2.45, 2.75) is 17.7 Å². The van der Waals surface area contributed by atoms with E-state index >= 15 is 0 Å². The molecule has 0 unspecified atom stereocenters. The number of anilines is 1. The molecule has 1 fully saturated rings. The highest BCUT2D eigenvalue weighted by Crippen LogP contribution is 2.39. The molecule has 0 bridgehead atoms. The first-order valence-electron chi connectivity index (χ1n) is 11.5. The highest BCUT2D eigenvalue weighted by atomic mass is 35.5. The Bertz CT molecular complexity index is 1340. The molecule has 1 aromatic heterocycles. The number of aromatic nitrogens is 1. The summed E-state index contributed by atoms with van der Waals surface area (Å²) in [5, 5.41) is 1.58. The molecule has 0 radical (unpaired) electrons. The van der Waals surface area contributed by atoms with Crippen molar-refractivity contribution in [1.82, 2.24) is 14.2 Å². The lowest BCUT2D eigenvalue weighted by Crippen LogP contribution is -2.46. The Balaban J connectivity index is 1.55. The zero-order chi connectivity index (χ0) is 26.0. The second-order valence-corrected chi connectivity index (χ2v) is 12.6. The van der Waals surface area contributed by atoms with Gasteiger partial charge in [-0.15, -0.1) is 0 Å². The number of piperidine rings is 1. The zero-order valence-electron chi connectivity index (χ0n) is 20.3. The number of hydrogen-bond acceptors (Lipinski definition) is 7. The van der Waals surface area contributed by atoms with E-state index in [1.54, 1.807) is 36.3 Å². The maximum absolute atomic E-state index is 13.7. The molecule has 194 valence electrons. The summed E-state index contributed by atoms with van der Waals surface area (Å²) in [5.74, 6) is 0.223. The molecule has 0 N–H and O–H groups in total. The number of carbonyl (C=O) groups excluding carboxylic acids is 1. The first-order valence-corrected chi connectivity index (χ1v) is 14.5. The summed E-state index contributed by atoms with van der Waals surface area (Å²) in [7, 11) is 1.82. The summed E-state index contributed by atoms with van der Waals surface area (Å²) in [6.45, 7) is 1.63. The summed E-state index contributed by atoms with van der Waals surface area (Å²) in [5.41, 5.74) is 0.622. The Kier molecular flexibility index (Phi) is 8.43. The van der Waals surface area contributed by atoms with Crippen LogP contribution >= 0.6 is 34.5 Å². The number of likely N-dealkylation sites (N-methyl/N-ethyl adjacent to an activating group) is 1. The number of nitrogens with zero attached hydrogens (tertiary/aromatic N) is 4. The van der Waals surface area contributed by atoms with E-state index in [4.69, 9.17) is 32.9 Å². The van der Waals surface area contributed by atoms with Gasteiger partial charge in [0.15, 0.2) is 5.13 Å². The minimum atomic E-state index is -3.65. The van der Waals surface area contributed by atoms with Crippen LogP contribution in [0, 0.1) is 5.92 Å². The van der Waals surface area contributed by atoms with Crippen LogP contribution in [0.25, 0.3) is 10.2 Å². The topological polar surface area (TPSA) is 83.0 Å². The van der Waals surface area contributed by atoms with Gasteiger partial charge in [-0.25, -0.2) is 13.4 Å². The SMILES string of the molecule is COc1ccc(Cl)c2sc(N(CCN(C)C)C(=O)C3CCN(S(=O)(=O)c4ccc(Cl)cc4)CC3)nc12. The third-order valence-corrected chi connectivity index (χ3v) is 9.89. The lowest BCUT2D eigenvalue weighted by molar-refractivity contribution is -0.123. The number of hydrogen-bond donors (Lipinski definition) is 0. The summed E-state index contributed by atoms with van der Waals surface area (Å²) >= 11 is 13.7. The van der Waals surface area contributed by atoms with Crippen LogP contribution in [0.3, 0.4) is 0 Å². The summed E-state index contributed by atoms with van der Waals surface area (Å²) in [4.78, 5) is 22.3. The molecule has 0 aliphatic carbocycles. The van der Waals surface area contributed by atoms with Gasteiger partial charge in [-0.3, -0.25) is 9.69 Å². The molecule has 1 amide bonds. The molecule has 2 aromatic carbocycles. The Morgan fingerprint density at radius 3 is 2.39 bits per heavy atom. The predicted molar refractivity (Wildman–Crippen MR) is 145 cm³/mol. The third-order valence-electron chi connectivity index (χ3n) is 6.19. The number of fused-ring (bicyclic) bond motifs is 1. The molecule has 2 heterocycles. The molecule has 1 saturated heterocycles. The van der Waals surface area contributed by atoms with E-state index in [1.165, 1.54) is 27.8 Å². The summed E-state index contributed by atoms with van der Waals surface area (Å²) in [6.07, 6.45) is 0.859. The number of methoxy groups -OCH3 is 1. The molecular weight excluding hydrogens is 543 g/mol. The molecule has 8 nitrogen and oxygen atoms in total. The number of rotatable bonds is 8. The van der Waals surface area contributed by atoms with E-state index in [2.05, 4.69) is 0 Å². The van der Waals surface area contributed by atoms with Crippen molar-refractivity contribution in [3.8, 4) is 5.75 Å². The standard InChI is InChI=1S/C24H28Cl2N4O4S2/c1-28(2)14-15-30(24-27-21-20(34-3)9-8-19(26)22(21)35-24)23(31)16-10-12-29(13-11-16)36(32,33)18-6-4-17(25)5-7-18/h4-9,16H,10-15H2,1-3H3. The van der Waals surface area contributed by atoms with Crippen molar-refractivity contribution >= 4 is 65.8 Å². The average Bonchev–Trinajstić information content (AvgIpc) is 3.30. The lowest BCUT2D eigenvalue weighted by atomic mass is 9.96. The van der Waals surface area contributed by atoms with Crippen LogP contribution in [0.15, 0.2) is 41.3 Å². The highest BCUT2D eigenvalue weighted by molar-refractivity contribution is 7.89. The Labute approximate surface area is 225 Å². The number of sulfonamides is 1. The van der Waals surface area contributed by atoms with Crippen LogP contribution in [-0.4, -0.2) is 75.9 Å². The third kappa shape index (κ3) is 5.64. The largest absolute Gasteiger partial charge is 0.494 e. The quantitative estimate of drug-likeness (QED) is 0.393. The van der Waals surface area contributed by atoms with Gasteiger partial charge in [0.2, 0.25) is 15.9 Å². The Morgan fingerprint density at radius 2 is 1.78 bits per heavy atom. The van der Waals surface area contributed by atoms with Gasteiger partial charge in [0.25, 0.3) is 0 Å². The van der Waals surface area contributed by atoms with Crippen LogP contribution in [-0.2, 0) is 14.8 Å². The van der Waals surface area contributed by atoms with Gasteiger partial charge in [-0.1, -0.05) is 34.5 Å². The first-order chi connectivity index (χ1) is 17.1. The van der Waals surface area contributed by atoms with E-state index in [9.17, 15) is 13.2 Å². The zero-order valence-corrected chi connectivity index (χ0v) is 23.4. The van der Waals surface area contributed by atoms with Gasteiger partial charge in [0, 0.05) is 37.1 Å². The summed E-state index contributed by atoms with van der Waals surface area (Å²) in [6, 6.07) is 9.65. The molecule has 1 aliphatic heterocycles. The monoisotopic (exact) mass is 570 g/mol. The van der Waals surface area contributed by atoms with Crippen molar-refractivity contribution < 1.29 is 17.9 Å². The maximum atomic E-state index is 13.7. The van der Waals surface area contributed by atoms with Crippen LogP contribution in [0.2, 0.25) is 10.0 Å². The molecular formula is C24H28Cl2N4O4S2. The number of amides is 1. The smallest absolute Gasteiger partial charge is 0.243 e. The van der Waals surface area contributed by atoms with Gasteiger partial charge in [-0.2, -0.15) is 4.31 Å². The fourth-order valence-electron chi connectivity index (χ4n) is 4.14. The van der Waals surface area contributed by atoms with Crippen molar-refractivity contribution in [1.29, 1.82) is 0 Å². The van der Waals surface area contributed by atoms with Crippen molar-refractivity contribution in [3.63, 3.8) is 0 Å². The second kappa shape index (κ2) is 11.2. The first kappa shape index (κ1) is 27.1. The van der Waals surface area contributed by atoms with Gasteiger partial charge >= 0.3 is 0 Å². The normalized spacial score (nSPS) is 15.5. The van der Waals surface area contributed by atoms with Crippen LogP contribution in [0.5, 0.6) is 5.75 Å². The average molecular weight is 572 g/mol. The van der Waals surface area contributed by atoms with E-state index in [0.717, 1.165) is 4.70 Å². The second-order valence-electron chi connectivity index (χ2n) is 8.85. The van der Waals surface area contributed by atoms with E-state index in [1.807, 2.05) is 19.0 Å². The van der Waals surface area contributed by atoms with Crippen LogP contribution < -0.4 is 9.64 Å². The van der Waals surface area contributed by atoms with Gasteiger partial charge < -0.3 is 9.64 Å². The molecule has 0 spiro atoms. The van der Waals surface area contributed by atoms with Crippen molar-refractivity contribution in [2.24, 2.45) is 5.92 Å². The molecule has 36 heavy (non-hydrogen) atoms. The summed E-state index contributed by atoms with van der Waals surface area (Å²) < 4.78 is 33.7. The van der Waals surface area contributed by atoms with Gasteiger partial charge in [0.1, 0.15) is 11.3 Å². The van der Waals surface area contributed by atoms with Crippen LogP contribution in [0.1, 0.15) is 12.8 Å². The minimum Gasteiger partial charge on any atom is -0.494 e. The fraction of sp³-hybridized carbons (Fsp3) is 0.417. The molecule has 3 aromatic rings. The molecule has 12 heteroatoms. The van der Waals surface area contributed by atoms with Gasteiger partial charge in [-0.05, 0) is 63.3 Å². The predicted octanol–water partition coefficient (Wildman–Crippen LogP) is 4.61. The Morgan fingerprint density at radius 1 is 1.11 bits per heavy atom. The highest BCUT2D eigenvalue weighted by Gasteiger charge is 2.35. The Hall–Kier alpha value is -1.95. The number of ether oxygens (including phenoxy) is 1. The van der Waals surface area contributed by atoms with Crippen molar-refractivity contribution in [2.75, 3.05) is 52.3 Å². The number of benzene rings is 2. The minimum absolute atomic E-state index is 0.0606. The van der Waals surface area contributed by atoms with Gasteiger partial charge in [0.05, 0.1) is 21.7 Å². The number of thiazole rings is 1. The molecule has 4 rings (SSSR count). The fourth-order valence-corrected chi connectivity index (χ4v) is 7.02. The molecule has 0 atom stereocenters. The van der Waals surface area contributed by atoms with E-state index in [0.29, 0.717) is 52.4 Å². The maximum Gasteiger partial charge on any atom is 0.243 e. The van der Waals surface area contributed by atoms with E-state index < -0.39 is 10.0 Å². The van der Waals surface area contributed by atoms with Crippen molar-refractivity contribution in [3.05, 3.63) is 46.4 Å². The van der Waals surface area contributed by atoms with Crippen LogP contribution in [0.4, 0.5) is 5.13 Å². The number of halogens is 2. The van der Waals surface area contributed by atoms with E-state index in [-0.39, 0.29) is 29.8 Å².